The Morgan fingerprint density at radius 1 is 1.40 bits per heavy atom. The monoisotopic (exact) mass is 352 g/mol. The molecule has 2 heterocycles. The number of hydrogen-bond acceptors (Lipinski definition) is 7. The average Bonchev–Trinajstić information content (AvgIpc) is 2.53. The number of nitro groups is 1. The zero-order valence-electron chi connectivity index (χ0n) is 15.0. The number of carbonyl (C=O) groups excluding carboxylic acids is 1. The van der Waals surface area contributed by atoms with Crippen molar-refractivity contribution in [2.24, 2.45) is 0 Å². The van der Waals surface area contributed by atoms with Crippen LogP contribution in [0.15, 0.2) is 18.3 Å². The highest BCUT2D eigenvalue weighted by molar-refractivity contribution is 5.69. The Balaban J connectivity index is 2.11. The van der Waals surface area contributed by atoms with E-state index in [0.29, 0.717) is 26.2 Å². The molecule has 0 radical (unpaired) electrons. The number of carbonyl (C=O) groups is 1. The molecule has 1 atom stereocenters. The summed E-state index contributed by atoms with van der Waals surface area (Å²) >= 11 is 0. The molecule has 0 bridgehead atoms. The van der Waals surface area contributed by atoms with Gasteiger partial charge in [-0.25, -0.2) is 4.79 Å². The summed E-state index contributed by atoms with van der Waals surface area (Å²) in [7, 11) is 1.60. The lowest BCUT2D eigenvalue weighted by Gasteiger charge is -2.42. The van der Waals surface area contributed by atoms with E-state index in [-0.39, 0.29) is 18.0 Å². The summed E-state index contributed by atoms with van der Waals surface area (Å²) in [5, 5.41) is 10.7. The lowest BCUT2D eigenvalue weighted by Crippen LogP contribution is -2.57. The molecule has 1 saturated heterocycles. The minimum Gasteiger partial charge on any atom is -0.444 e. The molecule has 0 unspecified atom stereocenters. The molecule has 1 aliphatic rings. The maximum absolute atomic E-state index is 12.3. The molecule has 9 heteroatoms. The summed E-state index contributed by atoms with van der Waals surface area (Å²) in [4.78, 5) is 30.1. The van der Waals surface area contributed by atoms with Gasteiger partial charge in [0.15, 0.2) is 6.20 Å². The first-order valence-corrected chi connectivity index (χ1v) is 8.05. The number of amides is 1. The number of piperazine rings is 1. The van der Waals surface area contributed by atoms with Crippen LogP contribution in [0.1, 0.15) is 20.8 Å². The highest BCUT2D eigenvalue weighted by atomic mass is 16.6. The summed E-state index contributed by atoms with van der Waals surface area (Å²) < 4.78 is 10.7. The van der Waals surface area contributed by atoms with Crippen LogP contribution in [0.3, 0.4) is 0 Å². The summed E-state index contributed by atoms with van der Waals surface area (Å²) in [6.07, 6.45) is 1.12. The third-order valence-corrected chi connectivity index (χ3v) is 3.74. The van der Waals surface area contributed by atoms with Crippen molar-refractivity contribution in [2.45, 2.75) is 32.4 Å². The van der Waals surface area contributed by atoms with Crippen molar-refractivity contribution >= 4 is 17.6 Å². The van der Waals surface area contributed by atoms with Gasteiger partial charge in [0.1, 0.15) is 5.60 Å². The first kappa shape index (κ1) is 18.9. The maximum atomic E-state index is 12.3. The van der Waals surface area contributed by atoms with Gasteiger partial charge in [-0.15, -0.1) is 0 Å². The summed E-state index contributed by atoms with van der Waals surface area (Å²) in [6.45, 7) is 7.40. The van der Waals surface area contributed by atoms with Crippen molar-refractivity contribution in [3.05, 3.63) is 28.4 Å². The number of rotatable bonds is 4. The molecule has 1 aliphatic heterocycles. The second-order valence-corrected chi connectivity index (χ2v) is 6.86. The van der Waals surface area contributed by atoms with Gasteiger partial charge in [0, 0.05) is 32.8 Å². The molecule has 2 rings (SSSR count). The van der Waals surface area contributed by atoms with Crippen molar-refractivity contribution in [2.75, 3.05) is 38.3 Å². The third kappa shape index (κ3) is 5.02. The SMILES string of the molecule is COC[C@H]1CN(C(=O)OC(C)(C)C)CCN1c1ccc([N+](=O)[O-])nc1. The Morgan fingerprint density at radius 3 is 2.64 bits per heavy atom. The fourth-order valence-electron chi connectivity index (χ4n) is 2.68. The maximum Gasteiger partial charge on any atom is 0.410 e. The summed E-state index contributed by atoms with van der Waals surface area (Å²) in [6, 6.07) is 2.95. The van der Waals surface area contributed by atoms with Crippen LogP contribution in [0.5, 0.6) is 0 Å². The zero-order valence-corrected chi connectivity index (χ0v) is 15.0. The molecule has 0 saturated carbocycles. The molecule has 25 heavy (non-hydrogen) atoms. The van der Waals surface area contributed by atoms with E-state index in [1.807, 2.05) is 25.7 Å². The molecule has 1 aromatic heterocycles. The lowest BCUT2D eigenvalue weighted by atomic mass is 10.1. The van der Waals surface area contributed by atoms with E-state index in [9.17, 15) is 14.9 Å². The zero-order chi connectivity index (χ0) is 18.6. The molecular formula is C16H24N4O5. The number of anilines is 1. The third-order valence-electron chi connectivity index (χ3n) is 3.74. The molecule has 0 N–H and O–H groups in total. The number of ether oxygens (including phenoxy) is 2. The van der Waals surface area contributed by atoms with Gasteiger partial charge in [-0.2, -0.15) is 0 Å². The van der Waals surface area contributed by atoms with E-state index >= 15 is 0 Å². The molecule has 0 aliphatic carbocycles. The van der Waals surface area contributed by atoms with E-state index in [1.54, 1.807) is 18.1 Å². The molecule has 0 aromatic carbocycles. The van der Waals surface area contributed by atoms with Gasteiger partial charge >= 0.3 is 11.9 Å². The second-order valence-electron chi connectivity index (χ2n) is 6.86. The van der Waals surface area contributed by atoms with Gasteiger partial charge in [0.05, 0.1) is 18.3 Å². The Hall–Kier alpha value is -2.42. The highest BCUT2D eigenvalue weighted by Gasteiger charge is 2.32. The van der Waals surface area contributed by atoms with E-state index in [2.05, 4.69) is 4.98 Å². The standard InChI is InChI=1S/C16H24N4O5/c1-16(2,3)25-15(21)18-7-8-19(13(10-18)11-24-4)12-5-6-14(17-9-12)20(22)23/h5-6,9,13H,7-8,10-11H2,1-4H3/t13-/m1/s1. The normalized spacial score (nSPS) is 18.2. The van der Waals surface area contributed by atoms with Crippen LogP contribution in [-0.4, -0.2) is 65.9 Å². The van der Waals surface area contributed by atoms with Gasteiger partial charge in [-0.1, -0.05) is 0 Å². The second kappa shape index (κ2) is 7.64. The lowest BCUT2D eigenvalue weighted by molar-refractivity contribution is -0.389. The van der Waals surface area contributed by atoms with Crippen molar-refractivity contribution < 1.29 is 19.2 Å². The van der Waals surface area contributed by atoms with Gasteiger partial charge < -0.3 is 29.4 Å². The fourth-order valence-corrected chi connectivity index (χ4v) is 2.68. The average molecular weight is 352 g/mol. The number of pyridine rings is 1. The van der Waals surface area contributed by atoms with E-state index in [1.165, 1.54) is 12.3 Å². The first-order valence-electron chi connectivity index (χ1n) is 8.05. The van der Waals surface area contributed by atoms with Gasteiger partial charge in [-0.05, 0) is 36.7 Å². The highest BCUT2D eigenvalue weighted by Crippen LogP contribution is 2.23. The Labute approximate surface area is 146 Å². The molecule has 1 fully saturated rings. The topological polar surface area (TPSA) is 98.0 Å². The number of aromatic nitrogens is 1. The summed E-state index contributed by atoms with van der Waals surface area (Å²) in [5.41, 5.74) is 0.212. The molecule has 9 nitrogen and oxygen atoms in total. The molecular weight excluding hydrogens is 328 g/mol. The predicted octanol–water partition coefficient (Wildman–Crippen LogP) is 2.06. The minimum absolute atomic E-state index is 0.0884. The van der Waals surface area contributed by atoms with Gasteiger partial charge in [0.25, 0.3) is 0 Å². The minimum atomic E-state index is -0.548. The Bertz CT molecular complexity index is 614. The van der Waals surface area contributed by atoms with Crippen LogP contribution in [-0.2, 0) is 9.47 Å². The molecule has 1 amide bonds. The van der Waals surface area contributed by atoms with Crippen LogP contribution in [0, 0.1) is 10.1 Å². The van der Waals surface area contributed by atoms with Crippen molar-refractivity contribution in [3.8, 4) is 0 Å². The van der Waals surface area contributed by atoms with Gasteiger partial charge in [-0.3, -0.25) is 0 Å². The Morgan fingerprint density at radius 2 is 2.12 bits per heavy atom. The van der Waals surface area contributed by atoms with Crippen LogP contribution >= 0.6 is 0 Å². The molecule has 1 aromatic rings. The van der Waals surface area contributed by atoms with Crippen molar-refractivity contribution in [1.82, 2.24) is 9.88 Å². The van der Waals surface area contributed by atoms with Crippen molar-refractivity contribution in [1.29, 1.82) is 0 Å². The number of hydrogen-bond donors (Lipinski definition) is 0. The van der Waals surface area contributed by atoms with Gasteiger partial charge in [0.2, 0.25) is 0 Å². The van der Waals surface area contributed by atoms with E-state index in [4.69, 9.17) is 9.47 Å². The van der Waals surface area contributed by atoms with E-state index in [0.717, 1.165) is 5.69 Å². The van der Waals surface area contributed by atoms with Crippen LogP contribution < -0.4 is 4.90 Å². The first-order chi connectivity index (χ1) is 11.7. The van der Waals surface area contributed by atoms with Crippen LogP contribution in [0.4, 0.5) is 16.3 Å². The molecule has 0 spiro atoms. The quantitative estimate of drug-likeness (QED) is 0.604. The largest absolute Gasteiger partial charge is 0.444 e. The number of methoxy groups -OCH3 is 1. The Kier molecular flexibility index (Phi) is 5.78. The number of nitrogens with zero attached hydrogens (tertiary/aromatic N) is 4. The van der Waals surface area contributed by atoms with Crippen LogP contribution in [0.2, 0.25) is 0 Å². The predicted molar refractivity (Wildman–Crippen MR) is 91.7 cm³/mol. The van der Waals surface area contributed by atoms with Crippen LogP contribution in [0.25, 0.3) is 0 Å². The smallest absolute Gasteiger partial charge is 0.410 e. The van der Waals surface area contributed by atoms with Crippen molar-refractivity contribution in [3.63, 3.8) is 0 Å². The summed E-state index contributed by atoms with van der Waals surface area (Å²) in [5.74, 6) is -0.195. The fraction of sp³-hybridized carbons (Fsp3) is 0.625. The van der Waals surface area contributed by atoms with E-state index < -0.39 is 10.5 Å². The molecule has 138 valence electrons.